The van der Waals surface area contributed by atoms with E-state index in [9.17, 15) is 9.90 Å². The predicted octanol–water partition coefficient (Wildman–Crippen LogP) is 3.80. The lowest BCUT2D eigenvalue weighted by molar-refractivity contribution is 0.223. The quantitative estimate of drug-likeness (QED) is 0.303. The topological polar surface area (TPSA) is 131 Å². The van der Waals surface area contributed by atoms with Crippen LogP contribution in [-0.2, 0) is 13.6 Å². The molecule has 0 amide bonds. The van der Waals surface area contributed by atoms with Gasteiger partial charge in [0.05, 0.1) is 28.3 Å². The van der Waals surface area contributed by atoms with Crippen molar-refractivity contribution in [2.45, 2.75) is 25.9 Å². The molecule has 0 saturated heterocycles. The maximum absolute atomic E-state index is 11.9. The van der Waals surface area contributed by atoms with Crippen LogP contribution in [0.2, 0.25) is 5.02 Å². The van der Waals surface area contributed by atoms with E-state index in [4.69, 9.17) is 27.3 Å². The fourth-order valence-electron chi connectivity index (χ4n) is 3.54. The summed E-state index contributed by atoms with van der Waals surface area (Å²) in [5, 5.41) is 14.3. The van der Waals surface area contributed by atoms with Crippen molar-refractivity contribution >= 4 is 40.1 Å². The Labute approximate surface area is 219 Å². The van der Waals surface area contributed by atoms with Gasteiger partial charge in [-0.3, -0.25) is 14.8 Å². The number of nitrogens with zero attached hydrogens (tertiary/aromatic N) is 5. The Bertz CT molecular complexity index is 1560. The zero-order valence-corrected chi connectivity index (χ0v) is 21.6. The molecule has 190 valence electrons. The van der Waals surface area contributed by atoms with Gasteiger partial charge in [0.25, 0.3) is 0 Å². The first kappa shape index (κ1) is 26.0. The number of nitrogens with two attached hydrogens (primary N) is 1. The van der Waals surface area contributed by atoms with Crippen molar-refractivity contribution in [1.29, 1.82) is 0 Å². The number of aryl methyl sites for hydroxylation is 1. The Balaban J connectivity index is 1.81. The van der Waals surface area contributed by atoms with Crippen LogP contribution in [0, 0.1) is 0 Å². The number of halogens is 1. The monoisotopic (exact) mass is 517 g/mol. The van der Waals surface area contributed by atoms with E-state index in [0.29, 0.717) is 34.3 Å². The second-order valence-electron chi connectivity index (χ2n) is 9.21. The van der Waals surface area contributed by atoms with Crippen molar-refractivity contribution in [2.75, 3.05) is 11.9 Å². The molecule has 0 atom stereocenters. The second-order valence-corrected chi connectivity index (χ2v) is 9.65. The van der Waals surface area contributed by atoms with Gasteiger partial charge in [-0.05, 0) is 54.8 Å². The molecule has 0 aliphatic rings. The highest BCUT2D eigenvalue weighted by atomic mass is 35.5. The number of hydrogen-bond donors (Lipinski definition) is 3. The number of allylic oxidation sites excluding steroid dienone is 1. The molecule has 10 heteroatoms. The Morgan fingerprint density at radius 3 is 2.68 bits per heavy atom. The Hall–Kier alpha value is -4.08. The van der Waals surface area contributed by atoms with Crippen molar-refractivity contribution in [3.63, 3.8) is 0 Å². The molecule has 0 aliphatic heterocycles. The minimum Gasteiger partial charge on any atom is -0.404 e. The summed E-state index contributed by atoms with van der Waals surface area (Å²) in [6, 6.07) is 11.0. The van der Waals surface area contributed by atoms with Crippen LogP contribution in [0.25, 0.3) is 27.6 Å². The fourth-order valence-corrected chi connectivity index (χ4v) is 3.73. The molecule has 9 nitrogen and oxygen atoms in total. The minimum absolute atomic E-state index is 0.0813. The number of nitrogens with one attached hydrogen (secondary N) is 1. The number of rotatable bonds is 8. The van der Waals surface area contributed by atoms with Crippen LogP contribution in [0.3, 0.4) is 0 Å². The number of fused-ring (bicyclic) bond motifs is 1. The third kappa shape index (κ3) is 6.19. The van der Waals surface area contributed by atoms with Gasteiger partial charge in [-0.2, -0.15) is 0 Å². The van der Waals surface area contributed by atoms with E-state index >= 15 is 0 Å². The summed E-state index contributed by atoms with van der Waals surface area (Å²) in [5.41, 5.74) is 9.05. The van der Waals surface area contributed by atoms with Gasteiger partial charge in [0.2, 0.25) is 5.56 Å². The van der Waals surface area contributed by atoms with E-state index in [2.05, 4.69) is 15.3 Å². The molecule has 0 spiro atoms. The molecule has 3 heterocycles. The number of aliphatic hydroxyl groups is 1. The molecule has 0 saturated carbocycles. The zero-order valence-electron chi connectivity index (χ0n) is 20.8. The highest BCUT2D eigenvalue weighted by Crippen LogP contribution is 2.29. The van der Waals surface area contributed by atoms with E-state index in [0.717, 1.165) is 22.1 Å². The van der Waals surface area contributed by atoms with Gasteiger partial charge in [0.1, 0.15) is 5.82 Å². The number of anilines is 1. The smallest absolute Gasteiger partial charge is 0.250 e. The molecule has 37 heavy (non-hydrogen) atoms. The van der Waals surface area contributed by atoms with Crippen molar-refractivity contribution in [3.8, 4) is 11.1 Å². The summed E-state index contributed by atoms with van der Waals surface area (Å²) < 4.78 is 1.54. The summed E-state index contributed by atoms with van der Waals surface area (Å²) in [6.45, 7) is 3.93. The van der Waals surface area contributed by atoms with Gasteiger partial charge in [-0.25, -0.2) is 9.97 Å². The molecular weight excluding hydrogens is 490 g/mol. The first-order valence-corrected chi connectivity index (χ1v) is 12.0. The molecule has 4 aromatic rings. The molecule has 0 bridgehead atoms. The Morgan fingerprint density at radius 2 is 1.97 bits per heavy atom. The number of benzene rings is 1. The standard InChI is InChI=1S/C27H28ClN7O2/c1-27(2,16-36)32-13-20(10-29)25-33-23-6-4-18(19-5-7-24(37)35(3)15-19)9-22(23)26(34-25)31-12-17-8-21(28)14-30-11-17/h4-11,13-15,36H,12,16,29H2,1-3H3,(H,31,33,34). The van der Waals surface area contributed by atoms with Crippen LogP contribution in [0.4, 0.5) is 5.82 Å². The number of aliphatic hydroxyl groups excluding tert-OH is 1. The van der Waals surface area contributed by atoms with E-state index in [1.165, 1.54) is 16.8 Å². The summed E-state index contributed by atoms with van der Waals surface area (Å²) in [4.78, 5) is 29.9. The summed E-state index contributed by atoms with van der Waals surface area (Å²) >= 11 is 6.11. The second kappa shape index (κ2) is 10.9. The normalized spacial score (nSPS) is 12.4. The van der Waals surface area contributed by atoms with E-state index in [-0.39, 0.29) is 12.2 Å². The SMILES string of the molecule is Cn1cc(-c2ccc3nc(C(C=NC(C)(C)CO)=CN)nc(NCc4cncc(Cl)c4)c3c2)ccc1=O. The highest BCUT2D eigenvalue weighted by molar-refractivity contribution is 6.30. The van der Waals surface area contributed by atoms with Crippen LogP contribution in [0.15, 0.2) is 71.0 Å². The first-order valence-electron chi connectivity index (χ1n) is 11.6. The van der Waals surface area contributed by atoms with Gasteiger partial charge < -0.3 is 20.7 Å². The van der Waals surface area contributed by atoms with Gasteiger partial charge >= 0.3 is 0 Å². The number of aromatic nitrogens is 4. The number of aliphatic imine (C=N–C) groups is 1. The molecule has 3 aromatic heterocycles. The average Bonchev–Trinajstić information content (AvgIpc) is 2.89. The van der Waals surface area contributed by atoms with Crippen LogP contribution in [-0.4, -0.2) is 43.0 Å². The summed E-state index contributed by atoms with van der Waals surface area (Å²) in [5.74, 6) is 0.967. The van der Waals surface area contributed by atoms with E-state index in [1.807, 2.05) is 38.1 Å². The zero-order chi connectivity index (χ0) is 26.6. The first-order chi connectivity index (χ1) is 17.7. The Kier molecular flexibility index (Phi) is 7.66. The van der Waals surface area contributed by atoms with Gasteiger partial charge in [-0.1, -0.05) is 17.7 Å². The number of pyridine rings is 2. The summed E-state index contributed by atoms with van der Waals surface area (Å²) in [6.07, 6.45) is 8.06. The van der Waals surface area contributed by atoms with Crippen molar-refractivity contribution in [3.05, 3.63) is 88.0 Å². The highest BCUT2D eigenvalue weighted by Gasteiger charge is 2.16. The van der Waals surface area contributed by atoms with Crippen LogP contribution < -0.4 is 16.6 Å². The van der Waals surface area contributed by atoms with Gasteiger partial charge in [0.15, 0.2) is 5.82 Å². The molecule has 0 unspecified atom stereocenters. The van der Waals surface area contributed by atoms with Gasteiger partial charge in [0, 0.05) is 56.1 Å². The maximum Gasteiger partial charge on any atom is 0.250 e. The molecule has 0 aliphatic carbocycles. The van der Waals surface area contributed by atoms with Gasteiger partial charge in [-0.15, -0.1) is 0 Å². The fraction of sp³-hybridized carbons (Fsp3) is 0.222. The largest absolute Gasteiger partial charge is 0.404 e. The van der Waals surface area contributed by atoms with Crippen molar-refractivity contribution in [1.82, 2.24) is 19.5 Å². The molecule has 0 fully saturated rings. The van der Waals surface area contributed by atoms with Crippen molar-refractivity contribution in [2.24, 2.45) is 17.8 Å². The third-order valence-corrected chi connectivity index (χ3v) is 5.92. The molecule has 4 rings (SSSR count). The van der Waals surface area contributed by atoms with Crippen molar-refractivity contribution < 1.29 is 5.11 Å². The predicted molar refractivity (Wildman–Crippen MR) is 149 cm³/mol. The van der Waals surface area contributed by atoms with Crippen LogP contribution >= 0.6 is 11.6 Å². The lowest BCUT2D eigenvalue weighted by atomic mass is 10.0. The number of hydrogen-bond acceptors (Lipinski definition) is 8. The van der Waals surface area contributed by atoms with Crippen LogP contribution in [0.5, 0.6) is 0 Å². The molecule has 0 radical (unpaired) electrons. The third-order valence-electron chi connectivity index (χ3n) is 5.71. The lowest BCUT2D eigenvalue weighted by Gasteiger charge is -2.16. The van der Waals surface area contributed by atoms with Crippen LogP contribution in [0.1, 0.15) is 25.2 Å². The molecular formula is C27H28ClN7O2. The van der Waals surface area contributed by atoms with E-state index < -0.39 is 5.54 Å². The maximum atomic E-state index is 11.9. The minimum atomic E-state index is -0.670. The molecule has 1 aromatic carbocycles. The Morgan fingerprint density at radius 1 is 1.19 bits per heavy atom. The summed E-state index contributed by atoms with van der Waals surface area (Å²) in [7, 11) is 1.72. The lowest BCUT2D eigenvalue weighted by Crippen LogP contribution is -2.22. The molecule has 4 N–H and O–H groups in total. The average molecular weight is 518 g/mol. The van der Waals surface area contributed by atoms with E-state index in [1.54, 1.807) is 37.9 Å².